The summed E-state index contributed by atoms with van der Waals surface area (Å²) in [4.78, 5) is 10.8. The summed E-state index contributed by atoms with van der Waals surface area (Å²) in [5.74, 6) is -0.472. The van der Waals surface area contributed by atoms with Crippen LogP contribution in [0.2, 0.25) is 0 Å². The van der Waals surface area contributed by atoms with Gasteiger partial charge in [0.1, 0.15) is 5.82 Å². The van der Waals surface area contributed by atoms with Crippen LogP contribution in [0, 0.1) is 5.82 Å². The third-order valence-corrected chi connectivity index (χ3v) is 1.85. The molecule has 1 rings (SSSR count). The molecule has 3 nitrogen and oxygen atoms in total. The van der Waals surface area contributed by atoms with Crippen molar-refractivity contribution in [2.24, 2.45) is 0 Å². The number of rotatable bonds is 4. The first kappa shape index (κ1) is 11.5. The monoisotopic (exact) mass is 210 g/mol. The summed E-state index contributed by atoms with van der Waals surface area (Å²) in [6.45, 7) is 4.13. The van der Waals surface area contributed by atoms with Gasteiger partial charge in [0.05, 0.1) is 5.69 Å². The van der Waals surface area contributed by atoms with Gasteiger partial charge in [-0.1, -0.05) is 6.92 Å². The van der Waals surface area contributed by atoms with Gasteiger partial charge in [0.2, 0.25) is 5.91 Å². The predicted octanol–water partition coefficient (Wildman–Crippen LogP) is 2.61. The maximum atomic E-state index is 13.3. The normalized spacial score (nSPS) is 9.80. The zero-order valence-electron chi connectivity index (χ0n) is 8.93. The number of carbonyl (C=O) groups is 1. The zero-order valence-corrected chi connectivity index (χ0v) is 8.93. The molecule has 0 saturated heterocycles. The van der Waals surface area contributed by atoms with E-state index in [1.54, 1.807) is 6.07 Å². The molecule has 0 spiro atoms. The Hall–Kier alpha value is -1.58. The van der Waals surface area contributed by atoms with Crippen molar-refractivity contribution in [3.05, 3.63) is 24.0 Å². The molecule has 15 heavy (non-hydrogen) atoms. The minimum atomic E-state index is -0.308. The van der Waals surface area contributed by atoms with Crippen LogP contribution in [-0.4, -0.2) is 12.5 Å². The first-order valence-electron chi connectivity index (χ1n) is 4.94. The summed E-state index contributed by atoms with van der Waals surface area (Å²) >= 11 is 0. The third-order valence-electron chi connectivity index (χ3n) is 1.85. The number of benzene rings is 1. The molecule has 0 aliphatic rings. The van der Waals surface area contributed by atoms with Gasteiger partial charge < -0.3 is 10.6 Å². The Kier molecular flexibility index (Phi) is 4.09. The molecular formula is C11H15FN2O. The van der Waals surface area contributed by atoms with Crippen molar-refractivity contribution >= 4 is 17.3 Å². The van der Waals surface area contributed by atoms with E-state index >= 15 is 0 Å². The lowest BCUT2D eigenvalue weighted by atomic mass is 10.2. The van der Waals surface area contributed by atoms with Crippen LogP contribution >= 0.6 is 0 Å². The van der Waals surface area contributed by atoms with Gasteiger partial charge in [-0.2, -0.15) is 0 Å². The minimum Gasteiger partial charge on any atom is -0.383 e. The van der Waals surface area contributed by atoms with Crippen LogP contribution < -0.4 is 10.6 Å². The Morgan fingerprint density at radius 3 is 2.80 bits per heavy atom. The Labute approximate surface area is 88.7 Å². The molecule has 4 heteroatoms. The summed E-state index contributed by atoms with van der Waals surface area (Å²) in [7, 11) is 0. The Bertz CT molecular complexity index is 352. The Balaban J connectivity index is 2.79. The number of amides is 1. The van der Waals surface area contributed by atoms with Gasteiger partial charge in [-0.3, -0.25) is 4.79 Å². The van der Waals surface area contributed by atoms with Crippen molar-refractivity contribution in [1.82, 2.24) is 0 Å². The second kappa shape index (κ2) is 5.34. The van der Waals surface area contributed by atoms with Crippen LogP contribution in [0.5, 0.6) is 0 Å². The van der Waals surface area contributed by atoms with E-state index in [0.717, 1.165) is 6.42 Å². The summed E-state index contributed by atoms with van der Waals surface area (Å²) < 4.78 is 13.3. The summed E-state index contributed by atoms with van der Waals surface area (Å²) in [6.07, 6.45) is 0.920. The molecule has 0 heterocycles. The van der Waals surface area contributed by atoms with E-state index in [0.29, 0.717) is 17.9 Å². The molecule has 0 aliphatic carbocycles. The molecule has 0 radical (unpaired) electrons. The number of nitrogens with one attached hydrogen (secondary N) is 2. The van der Waals surface area contributed by atoms with E-state index in [2.05, 4.69) is 10.6 Å². The van der Waals surface area contributed by atoms with Crippen molar-refractivity contribution in [1.29, 1.82) is 0 Å². The van der Waals surface area contributed by atoms with Gasteiger partial charge in [-0.15, -0.1) is 0 Å². The standard InChI is InChI=1S/C11H15FN2O/c1-3-6-13-11-7-9(14-8(2)15)4-5-10(11)12/h4-5,7,13H,3,6H2,1-2H3,(H,14,15). The molecule has 0 saturated carbocycles. The Morgan fingerprint density at radius 1 is 1.47 bits per heavy atom. The predicted molar refractivity (Wildman–Crippen MR) is 59.5 cm³/mol. The number of halogens is 1. The minimum absolute atomic E-state index is 0.164. The lowest BCUT2D eigenvalue weighted by Gasteiger charge is -2.08. The third kappa shape index (κ3) is 3.58. The van der Waals surface area contributed by atoms with Gasteiger partial charge in [-0.25, -0.2) is 4.39 Å². The van der Waals surface area contributed by atoms with E-state index < -0.39 is 0 Å². The van der Waals surface area contributed by atoms with E-state index in [-0.39, 0.29) is 11.7 Å². The smallest absolute Gasteiger partial charge is 0.221 e. The number of anilines is 2. The van der Waals surface area contributed by atoms with Gasteiger partial charge in [0.25, 0.3) is 0 Å². The van der Waals surface area contributed by atoms with Gasteiger partial charge in [-0.05, 0) is 24.6 Å². The van der Waals surface area contributed by atoms with Crippen LogP contribution in [0.3, 0.4) is 0 Å². The highest BCUT2D eigenvalue weighted by Crippen LogP contribution is 2.19. The fourth-order valence-corrected chi connectivity index (χ4v) is 1.20. The second-order valence-corrected chi connectivity index (χ2v) is 3.30. The van der Waals surface area contributed by atoms with Gasteiger partial charge in [0, 0.05) is 19.2 Å². The zero-order chi connectivity index (χ0) is 11.3. The van der Waals surface area contributed by atoms with Crippen molar-refractivity contribution in [3.63, 3.8) is 0 Å². The maximum absolute atomic E-state index is 13.3. The van der Waals surface area contributed by atoms with Crippen LogP contribution in [-0.2, 0) is 4.79 Å². The van der Waals surface area contributed by atoms with Crippen molar-refractivity contribution < 1.29 is 9.18 Å². The van der Waals surface area contributed by atoms with E-state index in [9.17, 15) is 9.18 Å². The fraction of sp³-hybridized carbons (Fsp3) is 0.364. The first-order chi connectivity index (χ1) is 7.13. The molecule has 82 valence electrons. The topological polar surface area (TPSA) is 41.1 Å². The van der Waals surface area contributed by atoms with Crippen molar-refractivity contribution in [3.8, 4) is 0 Å². The highest BCUT2D eigenvalue weighted by Gasteiger charge is 2.03. The molecular weight excluding hydrogens is 195 g/mol. The highest BCUT2D eigenvalue weighted by atomic mass is 19.1. The van der Waals surface area contributed by atoms with Gasteiger partial charge >= 0.3 is 0 Å². The molecule has 2 N–H and O–H groups in total. The average molecular weight is 210 g/mol. The lowest BCUT2D eigenvalue weighted by molar-refractivity contribution is -0.114. The van der Waals surface area contributed by atoms with Crippen LogP contribution in [0.15, 0.2) is 18.2 Å². The lowest BCUT2D eigenvalue weighted by Crippen LogP contribution is -2.07. The highest BCUT2D eigenvalue weighted by molar-refractivity contribution is 5.89. The van der Waals surface area contributed by atoms with Crippen molar-refractivity contribution in [2.75, 3.05) is 17.2 Å². The second-order valence-electron chi connectivity index (χ2n) is 3.30. The van der Waals surface area contributed by atoms with Crippen LogP contribution in [0.1, 0.15) is 20.3 Å². The maximum Gasteiger partial charge on any atom is 0.221 e. The molecule has 0 fully saturated rings. The fourth-order valence-electron chi connectivity index (χ4n) is 1.20. The van der Waals surface area contributed by atoms with Gasteiger partial charge in [0.15, 0.2) is 0 Å². The molecule has 1 aromatic carbocycles. The number of hydrogen-bond donors (Lipinski definition) is 2. The van der Waals surface area contributed by atoms with E-state index in [1.165, 1.54) is 19.1 Å². The summed E-state index contributed by atoms with van der Waals surface area (Å²) in [6, 6.07) is 4.46. The largest absolute Gasteiger partial charge is 0.383 e. The summed E-state index contributed by atoms with van der Waals surface area (Å²) in [5.41, 5.74) is 1.02. The Morgan fingerprint density at radius 2 is 2.20 bits per heavy atom. The average Bonchev–Trinajstić information content (AvgIpc) is 2.18. The number of hydrogen-bond acceptors (Lipinski definition) is 2. The molecule has 0 bridgehead atoms. The van der Waals surface area contributed by atoms with Crippen LogP contribution in [0.4, 0.5) is 15.8 Å². The quantitative estimate of drug-likeness (QED) is 0.802. The molecule has 1 amide bonds. The van der Waals surface area contributed by atoms with E-state index in [1.807, 2.05) is 6.92 Å². The molecule has 0 aliphatic heterocycles. The SMILES string of the molecule is CCCNc1cc(NC(C)=O)ccc1F. The number of carbonyl (C=O) groups excluding carboxylic acids is 1. The summed E-state index contributed by atoms with van der Waals surface area (Å²) in [5, 5.41) is 5.55. The van der Waals surface area contributed by atoms with Crippen LogP contribution in [0.25, 0.3) is 0 Å². The molecule has 0 unspecified atom stereocenters. The molecule has 0 aromatic heterocycles. The first-order valence-corrected chi connectivity index (χ1v) is 4.94. The molecule has 1 aromatic rings. The van der Waals surface area contributed by atoms with E-state index in [4.69, 9.17) is 0 Å². The molecule has 0 atom stereocenters. The van der Waals surface area contributed by atoms with Crippen molar-refractivity contribution in [2.45, 2.75) is 20.3 Å².